The summed E-state index contributed by atoms with van der Waals surface area (Å²) in [6, 6.07) is 11.0. The normalized spacial score (nSPS) is 18.2. The highest BCUT2D eigenvalue weighted by atomic mass is 35.5. The van der Waals surface area contributed by atoms with Gasteiger partial charge in [0, 0.05) is 18.0 Å². The van der Waals surface area contributed by atoms with E-state index in [4.69, 9.17) is 25.5 Å². The summed E-state index contributed by atoms with van der Waals surface area (Å²) in [4.78, 5) is 42.2. The van der Waals surface area contributed by atoms with Gasteiger partial charge in [-0.1, -0.05) is 23.7 Å². The molecule has 1 amide bonds. The van der Waals surface area contributed by atoms with Crippen molar-refractivity contribution in [3.63, 3.8) is 0 Å². The molecule has 0 radical (unpaired) electrons. The van der Waals surface area contributed by atoms with Crippen molar-refractivity contribution < 1.29 is 28.4 Å². The number of ether oxygens (including phenoxy) is 2. The van der Waals surface area contributed by atoms with E-state index in [0.29, 0.717) is 33.7 Å². The Morgan fingerprint density at radius 3 is 2.60 bits per heavy atom. The van der Waals surface area contributed by atoms with Gasteiger partial charge in [0.15, 0.2) is 5.43 Å². The predicted octanol–water partition coefficient (Wildman–Crippen LogP) is 2.08. The van der Waals surface area contributed by atoms with E-state index in [1.807, 2.05) is 0 Å². The Morgan fingerprint density at radius 2 is 1.89 bits per heavy atom. The SMILES string of the molecule is COC(=O)c1ccc([C@@H]2c3c(oc4ccc(Cl)cc4c3=O)C(=O)N2CCC[NH+]2CCOCC2)cc1. The summed E-state index contributed by atoms with van der Waals surface area (Å²) in [6.07, 6.45) is 0.769. The predicted molar refractivity (Wildman–Crippen MR) is 129 cm³/mol. The van der Waals surface area contributed by atoms with Crippen LogP contribution in [0.4, 0.5) is 0 Å². The van der Waals surface area contributed by atoms with Crippen molar-refractivity contribution >= 4 is 34.4 Å². The number of morpholine rings is 1. The van der Waals surface area contributed by atoms with Crippen LogP contribution in [-0.2, 0) is 9.47 Å². The average molecular weight is 498 g/mol. The number of benzene rings is 2. The highest BCUT2D eigenvalue weighted by Gasteiger charge is 2.42. The highest BCUT2D eigenvalue weighted by molar-refractivity contribution is 6.31. The van der Waals surface area contributed by atoms with E-state index >= 15 is 0 Å². The van der Waals surface area contributed by atoms with Crippen LogP contribution in [0.15, 0.2) is 51.7 Å². The lowest BCUT2D eigenvalue weighted by Crippen LogP contribution is -3.14. The van der Waals surface area contributed by atoms with Crippen LogP contribution in [0, 0.1) is 0 Å². The molecule has 0 saturated carbocycles. The molecule has 35 heavy (non-hydrogen) atoms. The zero-order chi connectivity index (χ0) is 24.5. The van der Waals surface area contributed by atoms with Crippen LogP contribution in [0.1, 0.15) is 44.5 Å². The van der Waals surface area contributed by atoms with Crippen molar-refractivity contribution in [2.24, 2.45) is 0 Å². The number of quaternary nitrogens is 1. The molecule has 1 atom stereocenters. The van der Waals surface area contributed by atoms with Gasteiger partial charge in [0.25, 0.3) is 5.91 Å². The number of amides is 1. The van der Waals surface area contributed by atoms with E-state index in [2.05, 4.69) is 0 Å². The first-order valence-electron chi connectivity index (χ1n) is 11.6. The highest BCUT2D eigenvalue weighted by Crippen LogP contribution is 2.38. The first-order valence-corrected chi connectivity index (χ1v) is 12.0. The van der Waals surface area contributed by atoms with Gasteiger partial charge in [-0.05, 0) is 35.9 Å². The summed E-state index contributed by atoms with van der Waals surface area (Å²) >= 11 is 6.14. The van der Waals surface area contributed by atoms with Crippen molar-refractivity contribution in [3.05, 3.63) is 80.2 Å². The smallest absolute Gasteiger partial charge is 0.337 e. The summed E-state index contributed by atoms with van der Waals surface area (Å²) in [5, 5.41) is 0.748. The number of nitrogens with zero attached hydrogens (tertiary/aromatic N) is 1. The van der Waals surface area contributed by atoms with Gasteiger partial charge >= 0.3 is 5.97 Å². The second-order valence-corrected chi connectivity index (χ2v) is 9.23. The van der Waals surface area contributed by atoms with Crippen LogP contribution >= 0.6 is 11.6 Å². The Hall–Kier alpha value is -3.20. The van der Waals surface area contributed by atoms with Crippen LogP contribution < -0.4 is 10.3 Å². The van der Waals surface area contributed by atoms with Crippen molar-refractivity contribution in [1.82, 2.24) is 4.90 Å². The summed E-state index contributed by atoms with van der Waals surface area (Å²) in [5.74, 6) is -0.705. The number of nitrogens with one attached hydrogen (secondary N) is 1. The van der Waals surface area contributed by atoms with Crippen molar-refractivity contribution in [2.75, 3.05) is 46.5 Å². The molecule has 2 aromatic carbocycles. The maximum absolute atomic E-state index is 13.6. The first-order chi connectivity index (χ1) is 17.0. The lowest BCUT2D eigenvalue weighted by atomic mass is 9.97. The second kappa shape index (κ2) is 9.81. The van der Waals surface area contributed by atoms with E-state index in [1.165, 1.54) is 12.0 Å². The summed E-state index contributed by atoms with van der Waals surface area (Å²) in [7, 11) is 1.32. The molecule has 8 nitrogen and oxygen atoms in total. The Balaban J connectivity index is 1.53. The molecule has 2 aliphatic rings. The van der Waals surface area contributed by atoms with Gasteiger partial charge in [0.05, 0.1) is 49.4 Å². The summed E-state index contributed by atoms with van der Waals surface area (Å²) in [6.45, 7) is 4.74. The summed E-state index contributed by atoms with van der Waals surface area (Å²) in [5.41, 5.74) is 1.46. The Bertz CT molecular complexity index is 1330. The molecular weight excluding hydrogens is 472 g/mol. The van der Waals surface area contributed by atoms with Gasteiger partial charge in [-0.3, -0.25) is 9.59 Å². The third-order valence-corrected chi connectivity index (χ3v) is 6.94. The molecule has 0 spiro atoms. The van der Waals surface area contributed by atoms with Gasteiger partial charge in [0.1, 0.15) is 18.7 Å². The van der Waals surface area contributed by atoms with Crippen molar-refractivity contribution in [1.29, 1.82) is 0 Å². The standard InChI is InChI=1S/C26H25ClN2O6/c1-33-26(32)17-5-3-16(4-6-17)22-21-23(30)19-15-18(27)7-8-20(19)35-24(21)25(31)29(22)10-2-9-28-11-13-34-14-12-28/h3-8,15,22H,2,9-14H2,1H3/p+1/t22-/m1/s1. The number of fused-ring (bicyclic) bond motifs is 2. The second-order valence-electron chi connectivity index (χ2n) is 8.80. The third-order valence-electron chi connectivity index (χ3n) is 6.70. The molecule has 1 N–H and O–H groups in total. The van der Waals surface area contributed by atoms with Crippen molar-refractivity contribution in [3.8, 4) is 0 Å². The molecule has 3 aromatic rings. The largest absolute Gasteiger partial charge is 0.465 e. The number of rotatable bonds is 6. The Morgan fingerprint density at radius 1 is 1.14 bits per heavy atom. The number of esters is 1. The molecule has 182 valence electrons. The molecule has 9 heteroatoms. The number of carbonyl (C=O) groups excluding carboxylic acids is 2. The minimum Gasteiger partial charge on any atom is -0.465 e. The lowest BCUT2D eigenvalue weighted by molar-refractivity contribution is -0.908. The molecule has 1 fully saturated rings. The van der Waals surface area contributed by atoms with E-state index in [0.717, 1.165) is 44.8 Å². The topological polar surface area (TPSA) is 90.5 Å². The Labute approximate surface area is 207 Å². The molecule has 0 unspecified atom stereocenters. The number of hydrogen-bond acceptors (Lipinski definition) is 6. The van der Waals surface area contributed by atoms with Crippen LogP contribution in [0.25, 0.3) is 11.0 Å². The van der Waals surface area contributed by atoms with E-state index < -0.39 is 12.0 Å². The molecule has 2 aliphatic heterocycles. The minimum absolute atomic E-state index is 0.0607. The van der Waals surface area contributed by atoms with Gasteiger partial charge in [-0.2, -0.15) is 0 Å². The fourth-order valence-electron chi connectivity index (χ4n) is 4.90. The van der Waals surface area contributed by atoms with Crippen LogP contribution in [0.3, 0.4) is 0 Å². The van der Waals surface area contributed by atoms with Gasteiger partial charge in [0.2, 0.25) is 5.76 Å². The van der Waals surface area contributed by atoms with E-state index in [9.17, 15) is 14.4 Å². The monoisotopic (exact) mass is 497 g/mol. The quantitative estimate of drug-likeness (QED) is 0.524. The molecular formula is C26H26ClN2O6+. The molecule has 0 aliphatic carbocycles. The van der Waals surface area contributed by atoms with Gasteiger partial charge < -0.3 is 23.7 Å². The molecule has 1 aromatic heterocycles. The molecule has 1 saturated heterocycles. The zero-order valence-corrected chi connectivity index (χ0v) is 20.1. The average Bonchev–Trinajstić information content (AvgIpc) is 3.16. The molecule has 3 heterocycles. The first kappa shape index (κ1) is 23.5. The minimum atomic E-state index is -0.622. The third kappa shape index (κ3) is 4.45. The fraction of sp³-hybridized carbons (Fsp3) is 0.346. The zero-order valence-electron chi connectivity index (χ0n) is 19.3. The number of carbonyl (C=O) groups is 2. The lowest BCUT2D eigenvalue weighted by Gasteiger charge is -2.27. The number of hydrogen-bond donors (Lipinski definition) is 1. The number of halogens is 1. The van der Waals surface area contributed by atoms with Crippen LogP contribution in [0.2, 0.25) is 5.02 Å². The molecule has 0 bridgehead atoms. The maximum atomic E-state index is 13.6. The summed E-state index contributed by atoms with van der Waals surface area (Å²) < 4.78 is 16.2. The van der Waals surface area contributed by atoms with E-state index in [1.54, 1.807) is 47.4 Å². The van der Waals surface area contributed by atoms with Gasteiger partial charge in [-0.15, -0.1) is 0 Å². The van der Waals surface area contributed by atoms with E-state index in [-0.39, 0.29) is 17.1 Å². The Kier molecular flexibility index (Phi) is 6.60. The van der Waals surface area contributed by atoms with Crippen LogP contribution in [-0.4, -0.2) is 63.3 Å². The number of methoxy groups -OCH3 is 1. The fourth-order valence-corrected chi connectivity index (χ4v) is 5.07. The van der Waals surface area contributed by atoms with Crippen LogP contribution in [0.5, 0.6) is 0 Å². The molecule has 5 rings (SSSR count). The van der Waals surface area contributed by atoms with Gasteiger partial charge in [-0.25, -0.2) is 4.79 Å². The maximum Gasteiger partial charge on any atom is 0.337 e. The van der Waals surface area contributed by atoms with Crippen molar-refractivity contribution in [2.45, 2.75) is 12.5 Å².